The highest BCUT2D eigenvalue weighted by atomic mass is 14.9. The minimum absolute atomic E-state index is 0.712. The van der Waals surface area contributed by atoms with Crippen molar-refractivity contribution in [1.82, 2.24) is 9.97 Å². The van der Waals surface area contributed by atoms with Crippen molar-refractivity contribution in [3.05, 3.63) is 23.8 Å². The smallest absolute Gasteiger partial charge is 0.128 e. The molecule has 1 heterocycles. The number of unbranched alkanes of at least 4 members (excludes halogenated alkanes) is 4. The standard InChI is InChI=1S/C27H46N2/c1-3-5-6-7-8-9-23-10-12-24(13-11-23)16-19-27-28-20-26(21-29-27)25-17-14-22(4-2)15-18-25/h20-25H,3-19H2,1-2H3. The van der Waals surface area contributed by atoms with Gasteiger partial charge in [0.2, 0.25) is 0 Å². The summed E-state index contributed by atoms with van der Waals surface area (Å²) in [5.41, 5.74) is 1.39. The summed E-state index contributed by atoms with van der Waals surface area (Å²) in [6.07, 6.45) is 28.0. The van der Waals surface area contributed by atoms with Gasteiger partial charge in [0.25, 0.3) is 0 Å². The van der Waals surface area contributed by atoms with Crippen LogP contribution in [0, 0.1) is 17.8 Å². The Balaban J connectivity index is 1.31. The van der Waals surface area contributed by atoms with Crippen molar-refractivity contribution in [3.8, 4) is 0 Å². The van der Waals surface area contributed by atoms with Gasteiger partial charge in [-0.1, -0.05) is 84.5 Å². The fraction of sp³-hybridized carbons (Fsp3) is 0.852. The lowest BCUT2D eigenvalue weighted by atomic mass is 9.78. The van der Waals surface area contributed by atoms with E-state index in [-0.39, 0.29) is 0 Å². The molecule has 0 N–H and O–H groups in total. The first kappa shape index (κ1) is 22.8. The Morgan fingerprint density at radius 2 is 1.28 bits per heavy atom. The molecule has 0 aliphatic heterocycles. The Kier molecular flexibility index (Phi) is 9.97. The molecule has 1 aromatic rings. The first-order valence-corrected chi connectivity index (χ1v) is 13.1. The molecule has 0 amide bonds. The lowest BCUT2D eigenvalue weighted by Gasteiger charge is -2.28. The molecular formula is C27H46N2. The molecule has 0 bridgehead atoms. The molecule has 2 aliphatic rings. The van der Waals surface area contributed by atoms with Crippen LogP contribution in [-0.2, 0) is 6.42 Å². The van der Waals surface area contributed by atoms with E-state index in [1.54, 1.807) is 0 Å². The Morgan fingerprint density at radius 1 is 0.690 bits per heavy atom. The summed E-state index contributed by atoms with van der Waals surface area (Å²) < 4.78 is 0. The predicted molar refractivity (Wildman–Crippen MR) is 124 cm³/mol. The number of hydrogen-bond donors (Lipinski definition) is 0. The average Bonchev–Trinajstić information content (AvgIpc) is 2.79. The van der Waals surface area contributed by atoms with Crippen LogP contribution in [0.15, 0.2) is 12.4 Å². The lowest BCUT2D eigenvalue weighted by molar-refractivity contribution is 0.248. The van der Waals surface area contributed by atoms with E-state index in [2.05, 4.69) is 26.2 Å². The molecule has 3 rings (SSSR count). The third-order valence-electron chi connectivity index (χ3n) is 8.08. The van der Waals surface area contributed by atoms with Gasteiger partial charge in [-0.25, -0.2) is 9.97 Å². The van der Waals surface area contributed by atoms with Crippen molar-refractivity contribution in [3.63, 3.8) is 0 Å². The minimum Gasteiger partial charge on any atom is -0.241 e. The topological polar surface area (TPSA) is 25.8 Å². The second-order valence-electron chi connectivity index (χ2n) is 10.2. The second kappa shape index (κ2) is 12.7. The van der Waals surface area contributed by atoms with Gasteiger partial charge in [-0.3, -0.25) is 0 Å². The molecule has 0 atom stereocenters. The first-order chi connectivity index (χ1) is 14.3. The Hall–Kier alpha value is -0.920. The zero-order valence-electron chi connectivity index (χ0n) is 19.4. The van der Waals surface area contributed by atoms with Gasteiger partial charge >= 0.3 is 0 Å². The van der Waals surface area contributed by atoms with Gasteiger partial charge < -0.3 is 0 Å². The molecule has 2 nitrogen and oxygen atoms in total. The van der Waals surface area contributed by atoms with Gasteiger partial charge in [-0.15, -0.1) is 0 Å². The predicted octanol–water partition coefficient (Wildman–Crippen LogP) is 8.26. The van der Waals surface area contributed by atoms with Gasteiger partial charge in [-0.2, -0.15) is 0 Å². The van der Waals surface area contributed by atoms with Crippen molar-refractivity contribution in [2.75, 3.05) is 0 Å². The molecule has 2 saturated carbocycles. The van der Waals surface area contributed by atoms with Crippen LogP contribution < -0.4 is 0 Å². The second-order valence-corrected chi connectivity index (χ2v) is 10.2. The molecule has 0 spiro atoms. The third kappa shape index (κ3) is 7.68. The zero-order chi connectivity index (χ0) is 20.3. The van der Waals surface area contributed by atoms with Crippen molar-refractivity contribution in [1.29, 1.82) is 0 Å². The summed E-state index contributed by atoms with van der Waals surface area (Å²) in [5.74, 6) is 4.69. The van der Waals surface area contributed by atoms with E-state index in [1.165, 1.54) is 108 Å². The van der Waals surface area contributed by atoms with E-state index in [0.29, 0.717) is 5.92 Å². The van der Waals surface area contributed by atoms with Crippen molar-refractivity contribution in [2.24, 2.45) is 17.8 Å². The Labute approximate surface area is 180 Å². The largest absolute Gasteiger partial charge is 0.241 e. The SMILES string of the molecule is CCCCCCCC1CCC(CCc2ncc(C3CCC(CC)CC3)cn2)CC1. The van der Waals surface area contributed by atoms with Crippen LogP contribution in [-0.4, -0.2) is 9.97 Å². The Morgan fingerprint density at radius 3 is 1.90 bits per heavy atom. The molecular weight excluding hydrogens is 352 g/mol. The van der Waals surface area contributed by atoms with E-state index in [1.807, 2.05) is 0 Å². The zero-order valence-corrected chi connectivity index (χ0v) is 19.4. The van der Waals surface area contributed by atoms with Gasteiger partial charge in [0.1, 0.15) is 5.82 Å². The maximum atomic E-state index is 4.75. The summed E-state index contributed by atoms with van der Waals surface area (Å²) in [4.78, 5) is 9.49. The average molecular weight is 399 g/mol. The summed E-state index contributed by atoms with van der Waals surface area (Å²) in [5, 5.41) is 0. The number of aromatic nitrogens is 2. The quantitative estimate of drug-likeness (QED) is 0.350. The third-order valence-corrected chi connectivity index (χ3v) is 8.08. The molecule has 164 valence electrons. The van der Waals surface area contributed by atoms with Gasteiger partial charge in [0.05, 0.1) is 0 Å². The Bertz CT molecular complexity index is 536. The highest BCUT2D eigenvalue weighted by Gasteiger charge is 2.23. The monoisotopic (exact) mass is 398 g/mol. The fourth-order valence-corrected chi connectivity index (χ4v) is 5.79. The molecule has 2 heteroatoms. The lowest BCUT2D eigenvalue weighted by Crippen LogP contribution is -2.16. The van der Waals surface area contributed by atoms with Crippen LogP contribution in [0.4, 0.5) is 0 Å². The summed E-state index contributed by atoms with van der Waals surface area (Å²) >= 11 is 0. The molecule has 0 aromatic carbocycles. The maximum Gasteiger partial charge on any atom is 0.128 e. The molecule has 1 aromatic heterocycles. The molecule has 2 fully saturated rings. The molecule has 2 aliphatic carbocycles. The first-order valence-electron chi connectivity index (χ1n) is 13.1. The number of rotatable bonds is 11. The summed E-state index contributed by atoms with van der Waals surface area (Å²) in [6.45, 7) is 4.64. The van der Waals surface area contributed by atoms with Crippen LogP contribution >= 0.6 is 0 Å². The van der Waals surface area contributed by atoms with Crippen LogP contribution in [0.3, 0.4) is 0 Å². The number of nitrogens with zero attached hydrogens (tertiary/aromatic N) is 2. The fourth-order valence-electron chi connectivity index (χ4n) is 5.79. The van der Waals surface area contributed by atoms with Crippen molar-refractivity contribution in [2.45, 2.75) is 129 Å². The van der Waals surface area contributed by atoms with E-state index in [4.69, 9.17) is 9.97 Å². The van der Waals surface area contributed by atoms with E-state index in [0.717, 1.165) is 30.0 Å². The van der Waals surface area contributed by atoms with Crippen LogP contribution in [0.5, 0.6) is 0 Å². The van der Waals surface area contributed by atoms with Gasteiger partial charge in [-0.05, 0) is 61.3 Å². The van der Waals surface area contributed by atoms with E-state index < -0.39 is 0 Å². The molecule has 29 heavy (non-hydrogen) atoms. The van der Waals surface area contributed by atoms with E-state index in [9.17, 15) is 0 Å². The molecule has 0 radical (unpaired) electrons. The van der Waals surface area contributed by atoms with Crippen molar-refractivity contribution < 1.29 is 0 Å². The molecule has 0 unspecified atom stereocenters. The molecule has 0 saturated heterocycles. The van der Waals surface area contributed by atoms with Crippen LogP contribution in [0.2, 0.25) is 0 Å². The highest BCUT2D eigenvalue weighted by molar-refractivity contribution is 5.12. The normalized spacial score (nSPS) is 27.8. The van der Waals surface area contributed by atoms with E-state index >= 15 is 0 Å². The van der Waals surface area contributed by atoms with Crippen LogP contribution in [0.1, 0.15) is 134 Å². The number of hydrogen-bond acceptors (Lipinski definition) is 2. The highest BCUT2D eigenvalue weighted by Crippen LogP contribution is 2.37. The van der Waals surface area contributed by atoms with Crippen molar-refractivity contribution >= 4 is 0 Å². The summed E-state index contributed by atoms with van der Waals surface area (Å²) in [7, 11) is 0. The maximum absolute atomic E-state index is 4.75. The number of aryl methyl sites for hydroxylation is 1. The van der Waals surface area contributed by atoms with Gasteiger partial charge in [0.15, 0.2) is 0 Å². The van der Waals surface area contributed by atoms with Crippen LogP contribution in [0.25, 0.3) is 0 Å². The minimum atomic E-state index is 0.712. The summed E-state index contributed by atoms with van der Waals surface area (Å²) in [6, 6.07) is 0. The van der Waals surface area contributed by atoms with Gasteiger partial charge in [0, 0.05) is 18.8 Å².